The van der Waals surface area contributed by atoms with Crippen molar-refractivity contribution in [3.05, 3.63) is 66.0 Å². The first kappa shape index (κ1) is 26.5. The van der Waals surface area contributed by atoms with Crippen LogP contribution in [0.4, 0.5) is 0 Å². The largest absolute Gasteiger partial charge is 0.152 e. The van der Waals surface area contributed by atoms with Gasteiger partial charge < -0.3 is 0 Å². The summed E-state index contributed by atoms with van der Waals surface area (Å²) in [6, 6.07) is 12.2. The van der Waals surface area contributed by atoms with Crippen LogP contribution in [0, 0.1) is 13.8 Å². The van der Waals surface area contributed by atoms with Crippen LogP contribution in [0.3, 0.4) is 0 Å². The zero-order valence-electron chi connectivity index (χ0n) is 12.7. The van der Waals surface area contributed by atoms with Gasteiger partial charge in [-0.1, -0.05) is 32.7 Å². The molecule has 3 rings (SSSR count). The summed E-state index contributed by atoms with van der Waals surface area (Å²) < 4.78 is 2.18. The van der Waals surface area contributed by atoms with Crippen LogP contribution >= 0.6 is 64.3 Å². The van der Waals surface area contributed by atoms with Crippen LogP contribution in [-0.4, -0.2) is 0 Å². The third-order valence-corrected chi connectivity index (χ3v) is 4.36. The molecule has 0 radical (unpaired) electrons. The van der Waals surface area contributed by atoms with E-state index in [9.17, 15) is 0 Å². The van der Waals surface area contributed by atoms with E-state index in [1.165, 1.54) is 9.75 Å². The molecule has 0 saturated heterocycles. The predicted molar refractivity (Wildman–Crippen MR) is 117 cm³/mol. The molecule has 24 heavy (non-hydrogen) atoms. The molecule has 0 aliphatic rings. The van der Waals surface area contributed by atoms with E-state index in [-0.39, 0.29) is 7.43 Å². The molecule has 137 valence electrons. The Balaban J connectivity index is 0. The number of hydrogen-bond acceptors (Lipinski definition) is 3. The van der Waals surface area contributed by atoms with Crippen LogP contribution in [0.1, 0.15) is 17.2 Å². The van der Waals surface area contributed by atoms with Gasteiger partial charge in [0, 0.05) is 18.8 Å². The third-order valence-electron chi connectivity index (χ3n) is 2.02. The van der Waals surface area contributed by atoms with Gasteiger partial charge in [-0.15, -0.1) is 22.7 Å². The first-order chi connectivity index (χ1) is 10.8. The molecule has 0 nitrogen and oxygen atoms in total. The fourth-order valence-electron chi connectivity index (χ4n) is 1.21. The summed E-state index contributed by atoms with van der Waals surface area (Å²) in [6.45, 7) is 11.7. The minimum atomic E-state index is -1.33. The molecule has 0 aliphatic carbocycles. The number of hydrogen-bond donors (Lipinski definition) is 0. The molecule has 0 aliphatic heterocycles. The minimum absolute atomic E-state index is 0. The molecule has 0 saturated carbocycles. The van der Waals surface area contributed by atoms with E-state index in [1.807, 2.05) is 46.4 Å². The first-order valence-corrected chi connectivity index (χ1v) is 13.4. The van der Waals surface area contributed by atoms with Crippen molar-refractivity contribution in [2.45, 2.75) is 21.3 Å². The quantitative estimate of drug-likeness (QED) is 0.292. The van der Waals surface area contributed by atoms with E-state index < -0.39 is 11.2 Å². The van der Waals surface area contributed by atoms with E-state index in [1.54, 1.807) is 22.7 Å². The van der Waals surface area contributed by atoms with Gasteiger partial charge in [0.2, 0.25) is 0 Å². The zero-order valence-corrected chi connectivity index (χ0v) is 18.6. The molecule has 0 spiro atoms. The normalized spacial score (nSPS) is 8.96. The Hall–Kier alpha value is 0.229. The average Bonchev–Trinajstić information content (AvgIpc) is 3.16. The third kappa shape index (κ3) is 18.6. The Kier molecular flexibility index (Phi) is 18.4. The van der Waals surface area contributed by atoms with Gasteiger partial charge in [-0.25, -0.2) is 0 Å². The molecule has 0 fully saturated rings. The SMILES string of the molecule is C.C=c1ccc(=C)s1.Cc1ccc(C)s1.[Cl][Fe]([Cl])[Cl].c1ccsc1. The molecule has 3 aromatic rings. The van der Waals surface area contributed by atoms with Crippen molar-refractivity contribution in [3.63, 3.8) is 0 Å². The maximum Gasteiger partial charge on any atom is -0.00934 e. The molecule has 0 bridgehead atoms. The van der Waals surface area contributed by atoms with Gasteiger partial charge in [0.05, 0.1) is 0 Å². The van der Waals surface area contributed by atoms with Gasteiger partial charge in [-0.05, 0) is 48.9 Å². The van der Waals surface area contributed by atoms with Crippen molar-refractivity contribution < 1.29 is 11.2 Å². The van der Waals surface area contributed by atoms with Gasteiger partial charge in [-0.3, -0.25) is 0 Å². The van der Waals surface area contributed by atoms with Crippen LogP contribution in [0.15, 0.2) is 47.2 Å². The van der Waals surface area contributed by atoms with Crippen molar-refractivity contribution in [2.24, 2.45) is 0 Å². The van der Waals surface area contributed by atoms with E-state index >= 15 is 0 Å². The number of aryl methyl sites for hydroxylation is 2. The smallest absolute Gasteiger partial charge is 0.00934 e. The topological polar surface area (TPSA) is 0 Å². The molecule has 3 aromatic heterocycles. The maximum absolute atomic E-state index is 4.89. The minimum Gasteiger partial charge on any atom is -0.152 e. The summed E-state index contributed by atoms with van der Waals surface area (Å²) in [6.07, 6.45) is 0. The summed E-state index contributed by atoms with van der Waals surface area (Å²) in [4.78, 5) is 2.80. The van der Waals surface area contributed by atoms with Gasteiger partial charge in [0.15, 0.2) is 0 Å². The summed E-state index contributed by atoms with van der Waals surface area (Å²) >= 11 is 3.84. The summed E-state index contributed by atoms with van der Waals surface area (Å²) in [5, 5.41) is 4.08. The van der Waals surface area contributed by atoms with Gasteiger partial charge in [0.25, 0.3) is 0 Å². The van der Waals surface area contributed by atoms with Gasteiger partial charge >= 0.3 is 41.5 Å². The van der Waals surface area contributed by atoms with Crippen molar-refractivity contribution in [2.75, 3.05) is 0 Å². The van der Waals surface area contributed by atoms with Crippen LogP contribution < -0.4 is 9.06 Å². The Morgan fingerprint density at radius 2 is 1.17 bits per heavy atom. The molecule has 0 amide bonds. The van der Waals surface area contributed by atoms with Crippen LogP contribution in [-0.2, 0) is 11.2 Å². The van der Waals surface area contributed by atoms with Gasteiger partial charge in [0.1, 0.15) is 0 Å². The average molecular weight is 485 g/mol. The van der Waals surface area contributed by atoms with Crippen molar-refractivity contribution in [3.8, 4) is 0 Å². The van der Waals surface area contributed by atoms with Crippen molar-refractivity contribution in [1.29, 1.82) is 0 Å². The van der Waals surface area contributed by atoms with Gasteiger partial charge in [-0.2, -0.15) is 11.3 Å². The Bertz CT molecular complexity index is 645. The number of rotatable bonds is 0. The standard InChI is InChI=1S/C6H8S.C6H6S.C4H4S.CH4.3ClH.Fe/c2*1-5-3-4-6(2)7-5;1-2-4-5-3-1;;;;;/h3-4H,1-2H3;3-4H,1-2H2;1-4H;1H4;3*1H;/q;;;;;;;+3/p-3. The van der Waals surface area contributed by atoms with E-state index in [0.29, 0.717) is 0 Å². The Morgan fingerprint density at radius 3 is 1.29 bits per heavy atom. The molecule has 0 aromatic carbocycles. The Labute approximate surface area is 174 Å². The molecule has 0 unspecified atom stereocenters. The second kappa shape index (κ2) is 16.7. The number of halogens is 3. The fourth-order valence-corrected chi connectivity index (χ4v) is 3.05. The molecule has 0 atom stereocenters. The number of thiophene rings is 3. The summed E-state index contributed by atoms with van der Waals surface area (Å²) in [7, 11) is 14.7. The second-order valence-corrected chi connectivity index (χ2v) is 13.0. The molecular formula is C17H22Cl3FeS3. The molecule has 7 heteroatoms. The predicted octanol–water partition coefficient (Wildman–Crippen LogP) is 7.38. The van der Waals surface area contributed by atoms with Crippen LogP contribution in [0.25, 0.3) is 13.2 Å². The zero-order chi connectivity index (χ0) is 17.7. The molecular weight excluding hydrogens is 463 g/mol. The van der Waals surface area contributed by atoms with Crippen molar-refractivity contribution in [1.82, 2.24) is 0 Å². The maximum atomic E-state index is 4.89. The Morgan fingerprint density at radius 1 is 0.792 bits per heavy atom. The second-order valence-electron chi connectivity index (χ2n) is 3.97. The molecule has 3 heterocycles. The van der Waals surface area contributed by atoms with Crippen molar-refractivity contribution >= 4 is 77.5 Å². The van der Waals surface area contributed by atoms with E-state index in [4.69, 9.17) is 30.3 Å². The first-order valence-electron chi connectivity index (χ1n) is 6.22. The van der Waals surface area contributed by atoms with E-state index in [0.717, 1.165) is 9.06 Å². The molecule has 0 N–H and O–H groups in total. The summed E-state index contributed by atoms with van der Waals surface area (Å²) in [5.41, 5.74) is 0. The monoisotopic (exact) mass is 483 g/mol. The van der Waals surface area contributed by atoms with E-state index in [2.05, 4.69) is 39.1 Å². The fraction of sp³-hybridized carbons (Fsp3) is 0.176. The van der Waals surface area contributed by atoms with Crippen LogP contribution in [0.5, 0.6) is 0 Å². The summed E-state index contributed by atoms with van der Waals surface area (Å²) in [5.74, 6) is 0. The van der Waals surface area contributed by atoms with Crippen LogP contribution in [0.2, 0.25) is 0 Å².